The van der Waals surface area contributed by atoms with E-state index in [-0.39, 0.29) is 0 Å². The van der Waals surface area contributed by atoms with Crippen LogP contribution in [0.2, 0.25) is 0 Å². The smallest absolute Gasteiger partial charge is 0.114 e. The molecule has 2 aliphatic heterocycles. The highest BCUT2D eigenvalue weighted by Gasteiger charge is 2.40. The number of rotatable bonds is 2. The maximum absolute atomic E-state index is 10.8. The summed E-state index contributed by atoms with van der Waals surface area (Å²) in [6.07, 6.45) is 12.1. The molecule has 0 radical (unpaired) electrons. The van der Waals surface area contributed by atoms with E-state index in [1.165, 1.54) is 32.1 Å². The third-order valence-corrected chi connectivity index (χ3v) is 6.12. The van der Waals surface area contributed by atoms with Gasteiger partial charge in [-0.2, -0.15) is 0 Å². The van der Waals surface area contributed by atoms with E-state index in [0.29, 0.717) is 18.1 Å². The van der Waals surface area contributed by atoms with Gasteiger partial charge in [0.1, 0.15) is 11.3 Å². The van der Waals surface area contributed by atoms with Crippen LogP contribution in [0.15, 0.2) is 6.20 Å². The highest BCUT2D eigenvalue weighted by molar-refractivity contribution is 5.09. The Morgan fingerprint density at radius 1 is 1.10 bits per heavy atom. The lowest BCUT2D eigenvalue weighted by atomic mass is 9.83. The topological polar surface area (TPSA) is 54.2 Å². The Balaban J connectivity index is 1.52. The SMILES string of the molecule is CN1[C@@H]2CC[C@H]1CC(n1cc(C3(O)CCCCC3)nn1)C2. The monoisotopic (exact) mass is 290 g/mol. The van der Waals surface area contributed by atoms with Crippen molar-refractivity contribution in [3.63, 3.8) is 0 Å². The lowest BCUT2D eigenvalue weighted by molar-refractivity contribution is -0.00477. The van der Waals surface area contributed by atoms with E-state index >= 15 is 0 Å². The van der Waals surface area contributed by atoms with Crippen LogP contribution in [0.4, 0.5) is 0 Å². The largest absolute Gasteiger partial charge is 0.383 e. The molecule has 3 aliphatic rings. The van der Waals surface area contributed by atoms with Crippen LogP contribution in [0.1, 0.15) is 69.5 Å². The minimum atomic E-state index is -0.721. The fraction of sp³-hybridized carbons (Fsp3) is 0.875. The van der Waals surface area contributed by atoms with Crippen molar-refractivity contribution in [1.29, 1.82) is 0 Å². The van der Waals surface area contributed by atoms with E-state index in [1.807, 2.05) is 10.9 Å². The molecule has 4 rings (SSSR count). The lowest BCUT2D eigenvalue weighted by Gasteiger charge is -2.36. The van der Waals surface area contributed by atoms with Crippen molar-refractivity contribution in [2.24, 2.45) is 0 Å². The van der Waals surface area contributed by atoms with Gasteiger partial charge in [0.05, 0.1) is 12.2 Å². The molecular weight excluding hydrogens is 264 g/mol. The molecule has 3 fully saturated rings. The molecule has 1 unspecified atom stereocenters. The highest BCUT2D eigenvalue weighted by Crippen LogP contribution is 2.40. The molecule has 2 bridgehead atoms. The first-order valence-electron chi connectivity index (χ1n) is 8.52. The maximum atomic E-state index is 10.8. The van der Waals surface area contributed by atoms with E-state index < -0.39 is 5.60 Å². The lowest BCUT2D eigenvalue weighted by Crippen LogP contribution is -2.40. The predicted molar refractivity (Wildman–Crippen MR) is 79.8 cm³/mol. The molecule has 0 aromatic carbocycles. The Morgan fingerprint density at radius 2 is 1.76 bits per heavy atom. The molecule has 1 aromatic rings. The molecular formula is C16H26N4O. The molecule has 116 valence electrons. The Morgan fingerprint density at radius 3 is 2.43 bits per heavy atom. The van der Waals surface area contributed by atoms with Crippen molar-refractivity contribution in [2.75, 3.05) is 7.05 Å². The van der Waals surface area contributed by atoms with Crippen LogP contribution < -0.4 is 0 Å². The molecule has 1 N–H and O–H groups in total. The third kappa shape index (κ3) is 2.30. The van der Waals surface area contributed by atoms with E-state index in [0.717, 1.165) is 31.4 Å². The first kappa shape index (κ1) is 13.7. The third-order valence-electron chi connectivity index (χ3n) is 6.12. The Kier molecular flexibility index (Phi) is 3.30. The van der Waals surface area contributed by atoms with Crippen LogP contribution in [0, 0.1) is 0 Å². The molecule has 1 aromatic heterocycles. The summed E-state index contributed by atoms with van der Waals surface area (Å²) in [5.74, 6) is 0. The number of hydrogen-bond acceptors (Lipinski definition) is 4. The summed E-state index contributed by atoms with van der Waals surface area (Å²) >= 11 is 0. The second kappa shape index (κ2) is 5.06. The summed E-state index contributed by atoms with van der Waals surface area (Å²) < 4.78 is 2.04. The van der Waals surface area contributed by atoms with Crippen molar-refractivity contribution in [1.82, 2.24) is 19.9 Å². The van der Waals surface area contributed by atoms with Crippen LogP contribution in [0.3, 0.4) is 0 Å². The quantitative estimate of drug-likeness (QED) is 0.907. The van der Waals surface area contributed by atoms with Gasteiger partial charge in [-0.1, -0.05) is 24.5 Å². The fourth-order valence-corrected chi connectivity index (χ4v) is 4.66. The molecule has 21 heavy (non-hydrogen) atoms. The summed E-state index contributed by atoms with van der Waals surface area (Å²) in [5.41, 5.74) is 0.0782. The van der Waals surface area contributed by atoms with Crippen molar-refractivity contribution >= 4 is 0 Å². The first-order chi connectivity index (χ1) is 10.2. The van der Waals surface area contributed by atoms with Gasteiger partial charge >= 0.3 is 0 Å². The predicted octanol–water partition coefficient (Wildman–Crippen LogP) is 2.23. The van der Waals surface area contributed by atoms with Gasteiger partial charge in [-0.3, -0.25) is 0 Å². The molecule has 5 heteroatoms. The van der Waals surface area contributed by atoms with Crippen LogP contribution >= 0.6 is 0 Å². The number of aliphatic hydroxyl groups is 1. The molecule has 5 nitrogen and oxygen atoms in total. The Labute approximate surface area is 126 Å². The average molecular weight is 290 g/mol. The first-order valence-corrected chi connectivity index (χ1v) is 8.52. The molecule has 2 saturated heterocycles. The van der Waals surface area contributed by atoms with Crippen LogP contribution in [-0.2, 0) is 5.60 Å². The summed E-state index contributed by atoms with van der Waals surface area (Å²) in [5, 5.41) is 19.5. The van der Waals surface area contributed by atoms with E-state index in [4.69, 9.17) is 0 Å². The fourth-order valence-electron chi connectivity index (χ4n) is 4.66. The standard InChI is InChI=1S/C16H26N4O/c1-19-12-5-6-13(19)10-14(9-12)20-11-15(17-18-20)16(21)7-3-2-4-8-16/h11-14,21H,2-10H2,1H3/t12-,13+,14?. The Bertz CT molecular complexity index is 494. The minimum Gasteiger partial charge on any atom is -0.383 e. The molecule has 1 saturated carbocycles. The van der Waals surface area contributed by atoms with Gasteiger partial charge < -0.3 is 10.0 Å². The van der Waals surface area contributed by atoms with Gasteiger partial charge in [0.25, 0.3) is 0 Å². The summed E-state index contributed by atoms with van der Waals surface area (Å²) in [6, 6.07) is 1.88. The number of aromatic nitrogens is 3. The van der Waals surface area contributed by atoms with Crippen molar-refractivity contribution in [3.8, 4) is 0 Å². The molecule has 0 spiro atoms. The van der Waals surface area contributed by atoms with Crippen molar-refractivity contribution in [3.05, 3.63) is 11.9 Å². The summed E-state index contributed by atoms with van der Waals surface area (Å²) in [6.45, 7) is 0. The van der Waals surface area contributed by atoms with Gasteiger partial charge in [-0.25, -0.2) is 4.68 Å². The van der Waals surface area contributed by atoms with E-state index in [9.17, 15) is 5.11 Å². The minimum absolute atomic E-state index is 0.465. The van der Waals surface area contributed by atoms with Gasteiger partial charge in [-0.05, 0) is 45.6 Å². The molecule has 1 aliphatic carbocycles. The molecule has 0 amide bonds. The molecule has 3 heterocycles. The normalized spacial score (nSPS) is 36.0. The highest BCUT2D eigenvalue weighted by atomic mass is 16.3. The average Bonchev–Trinajstić information content (AvgIpc) is 3.03. The second-order valence-corrected chi connectivity index (χ2v) is 7.35. The van der Waals surface area contributed by atoms with Crippen LogP contribution in [0.5, 0.6) is 0 Å². The molecule has 3 atom stereocenters. The van der Waals surface area contributed by atoms with Gasteiger partial charge in [0.15, 0.2) is 0 Å². The number of hydrogen-bond donors (Lipinski definition) is 1. The number of fused-ring (bicyclic) bond motifs is 2. The van der Waals surface area contributed by atoms with Crippen molar-refractivity contribution in [2.45, 2.75) is 81.5 Å². The van der Waals surface area contributed by atoms with Crippen LogP contribution in [-0.4, -0.2) is 44.1 Å². The van der Waals surface area contributed by atoms with Crippen LogP contribution in [0.25, 0.3) is 0 Å². The zero-order valence-electron chi connectivity index (χ0n) is 12.9. The summed E-state index contributed by atoms with van der Waals surface area (Å²) in [4.78, 5) is 2.54. The number of piperidine rings is 1. The van der Waals surface area contributed by atoms with Gasteiger partial charge in [-0.15, -0.1) is 5.10 Å². The van der Waals surface area contributed by atoms with E-state index in [2.05, 4.69) is 22.3 Å². The van der Waals surface area contributed by atoms with E-state index in [1.54, 1.807) is 0 Å². The zero-order chi connectivity index (χ0) is 14.4. The second-order valence-electron chi connectivity index (χ2n) is 7.35. The zero-order valence-corrected chi connectivity index (χ0v) is 12.9. The van der Waals surface area contributed by atoms with Gasteiger partial charge in [0, 0.05) is 12.1 Å². The van der Waals surface area contributed by atoms with Gasteiger partial charge in [0.2, 0.25) is 0 Å². The maximum Gasteiger partial charge on any atom is 0.114 e. The van der Waals surface area contributed by atoms with Crippen molar-refractivity contribution < 1.29 is 5.11 Å². The Hall–Kier alpha value is -0.940. The number of nitrogens with zero attached hydrogens (tertiary/aromatic N) is 4. The summed E-state index contributed by atoms with van der Waals surface area (Å²) in [7, 11) is 2.26.